The molecule has 2 nitrogen and oxygen atoms in total. The van der Waals surface area contributed by atoms with Gasteiger partial charge in [0.25, 0.3) is 0 Å². The second kappa shape index (κ2) is 6.93. The molecule has 0 spiro atoms. The first kappa shape index (κ1) is 15.1. The summed E-state index contributed by atoms with van der Waals surface area (Å²) in [5.74, 6) is 1.85. The molecule has 1 N–H and O–H groups in total. The SMILES string of the molecule is CCC1CC(NCc2ccccc2)CN(C(C)C2CC2)C1. The molecule has 21 heavy (non-hydrogen) atoms. The highest BCUT2D eigenvalue weighted by atomic mass is 15.2. The molecule has 2 aliphatic rings. The maximum atomic E-state index is 3.80. The predicted octanol–water partition coefficient (Wildman–Crippen LogP) is 3.68. The lowest BCUT2D eigenvalue weighted by molar-refractivity contribution is 0.0922. The van der Waals surface area contributed by atoms with Gasteiger partial charge >= 0.3 is 0 Å². The van der Waals surface area contributed by atoms with Crippen LogP contribution >= 0.6 is 0 Å². The second-order valence-corrected chi connectivity index (χ2v) is 7.11. The number of hydrogen-bond acceptors (Lipinski definition) is 2. The van der Waals surface area contributed by atoms with Gasteiger partial charge in [-0.3, -0.25) is 4.90 Å². The van der Waals surface area contributed by atoms with E-state index >= 15 is 0 Å². The number of nitrogens with zero attached hydrogens (tertiary/aromatic N) is 1. The Morgan fingerprint density at radius 1 is 1.19 bits per heavy atom. The van der Waals surface area contributed by atoms with Crippen molar-refractivity contribution in [3.8, 4) is 0 Å². The fraction of sp³-hybridized carbons (Fsp3) is 0.684. The summed E-state index contributed by atoms with van der Waals surface area (Å²) < 4.78 is 0. The van der Waals surface area contributed by atoms with Gasteiger partial charge in [0.15, 0.2) is 0 Å². The summed E-state index contributed by atoms with van der Waals surface area (Å²) in [4.78, 5) is 2.76. The van der Waals surface area contributed by atoms with Crippen LogP contribution in [0.4, 0.5) is 0 Å². The molecule has 0 aromatic heterocycles. The summed E-state index contributed by atoms with van der Waals surface area (Å²) in [6.45, 7) is 8.36. The van der Waals surface area contributed by atoms with Gasteiger partial charge < -0.3 is 5.32 Å². The molecule has 1 saturated heterocycles. The number of benzene rings is 1. The lowest BCUT2D eigenvalue weighted by Crippen LogP contribution is -2.52. The molecular weight excluding hydrogens is 256 g/mol. The van der Waals surface area contributed by atoms with E-state index in [0.717, 1.165) is 24.4 Å². The van der Waals surface area contributed by atoms with E-state index in [1.807, 2.05) is 0 Å². The van der Waals surface area contributed by atoms with E-state index in [0.29, 0.717) is 6.04 Å². The van der Waals surface area contributed by atoms with Crippen molar-refractivity contribution in [2.45, 2.75) is 58.2 Å². The first-order valence-electron chi connectivity index (χ1n) is 8.77. The molecule has 0 bridgehead atoms. The normalized spacial score (nSPS) is 28.5. The summed E-state index contributed by atoms with van der Waals surface area (Å²) in [6, 6.07) is 12.2. The molecule has 2 fully saturated rings. The quantitative estimate of drug-likeness (QED) is 0.858. The van der Waals surface area contributed by atoms with Crippen LogP contribution in [0.1, 0.15) is 45.1 Å². The van der Waals surface area contributed by atoms with Gasteiger partial charge in [-0.05, 0) is 43.6 Å². The third-order valence-corrected chi connectivity index (χ3v) is 5.46. The number of likely N-dealkylation sites (tertiary alicyclic amines) is 1. The van der Waals surface area contributed by atoms with E-state index in [1.165, 1.54) is 44.3 Å². The predicted molar refractivity (Wildman–Crippen MR) is 89.2 cm³/mol. The number of nitrogens with one attached hydrogen (secondary N) is 1. The van der Waals surface area contributed by atoms with Crippen LogP contribution in [-0.4, -0.2) is 30.1 Å². The highest BCUT2D eigenvalue weighted by Gasteiger charge is 2.36. The zero-order chi connectivity index (χ0) is 14.7. The van der Waals surface area contributed by atoms with Gasteiger partial charge in [-0.15, -0.1) is 0 Å². The molecule has 116 valence electrons. The van der Waals surface area contributed by atoms with Gasteiger partial charge in [-0.1, -0.05) is 43.7 Å². The topological polar surface area (TPSA) is 15.3 Å². The maximum absolute atomic E-state index is 3.80. The smallest absolute Gasteiger partial charge is 0.0208 e. The molecule has 1 aromatic carbocycles. The molecule has 0 amide bonds. The minimum absolute atomic E-state index is 0.658. The monoisotopic (exact) mass is 286 g/mol. The minimum Gasteiger partial charge on any atom is -0.309 e. The zero-order valence-corrected chi connectivity index (χ0v) is 13.6. The van der Waals surface area contributed by atoms with E-state index < -0.39 is 0 Å². The van der Waals surface area contributed by atoms with E-state index in [1.54, 1.807) is 0 Å². The van der Waals surface area contributed by atoms with Gasteiger partial charge in [-0.25, -0.2) is 0 Å². The summed E-state index contributed by atoms with van der Waals surface area (Å²) in [6.07, 6.45) is 5.57. The van der Waals surface area contributed by atoms with Gasteiger partial charge in [0.1, 0.15) is 0 Å². The van der Waals surface area contributed by atoms with Gasteiger partial charge in [0, 0.05) is 31.7 Å². The first-order chi connectivity index (χ1) is 10.3. The zero-order valence-electron chi connectivity index (χ0n) is 13.6. The maximum Gasteiger partial charge on any atom is 0.0208 e. The van der Waals surface area contributed by atoms with E-state index in [-0.39, 0.29) is 0 Å². The number of piperidine rings is 1. The number of rotatable bonds is 6. The van der Waals surface area contributed by atoms with Crippen molar-refractivity contribution >= 4 is 0 Å². The molecule has 1 heterocycles. The third kappa shape index (κ3) is 4.08. The Balaban J connectivity index is 1.55. The third-order valence-electron chi connectivity index (χ3n) is 5.46. The summed E-state index contributed by atoms with van der Waals surface area (Å²) >= 11 is 0. The van der Waals surface area contributed by atoms with Crippen molar-refractivity contribution in [1.82, 2.24) is 10.2 Å². The fourth-order valence-corrected chi connectivity index (χ4v) is 3.75. The highest BCUT2D eigenvalue weighted by Crippen LogP contribution is 2.36. The standard InChI is InChI=1S/C19H30N2/c1-3-16-11-19(20-12-17-7-5-4-6-8-17)14-21(13-16)15(2)18-9-10-18/h4-8,15-16,18-20H,3,9-14H2,1-2H3. The molecule has 1 saturated carbocycles. The molecule has 0 radical (unpaired) electrons. The van der Waals surface area contributed by atoms with Gasteiger partial charge in [0.2, 0.25) is 0 Å². The van der Waals surface area contributed by atoms with Gasteiger partial charge in [-0.2, -0.15) is 0 Å². The van der Waals surface area contributed by atoms with Crippen LogP contribution in [-0.2, 0) is 6.54 Å². The van der Waals surface area contributed by atoms with Crippen LogP contribution in [0, 0.1) is 11.8 Å². The molecule has 1 aromatic rings. The Hall–Kier alpha value is -0.860. The fourth-order valence-electron chi connectivity index (χ4n) is 3.75. The average Bonchev–Trinajstić information content (AvgIpc) is 3.37. The Morgan fingerprint density at radius 2 is 1.95 bits per heavy atom. The second-order valence-electron chi connectivity index (χ2n) is 7.11. The van der Waals surface area contributed by atoms with Crippen LogP contribution in [0.5, 0.6) is 0 Å². The van der Waals surface area contributed by atoms with Crippen LogP contribution < -0.4 is 5.32 Å². The van der Waals surface area contributed by atoms with Crippen molar-refractivity contribution in [3.05, 3.63) is 35.9 Å². The van der Waals surface area contributed by atoms with Crippen LogP contribution in [0.2, 0.25) is 0 Å². The largest absolute Gasteiger partial charge is 0.309 e. The minimum atomic E-state index is 0.658. The highest BCUT2D eigenvalue weighted by molar-refractivity contribution is 5.14. The van der Waals surface area contributed by atoms with Crippen molar-refractivity contribution in [1.29, 1.82) is 0 Å². The van der Waals surface area contributed by atoms with E-state index in [4.69, 9.17) is 0 Å². The summed E-state index contributed by atoms with van der Waals surface area (Å²) in [5.41, 5.74) is 1.40. The lowest BCUT2D eigenvalue weighted by atomic mass is 9.90. The molecule has 3 unspecified atom stereocenters. The molecular formula is C19H30N2. The molecule has 2 heteroatoms. The molecule has 1 aliphatic heterocycles. The molecule has 1 aliphatic carbocycles. The average molecular weight is 286 g/mol. The first-order valence-corrected chi connectivity index (χ1v) is 8.77. The Labute approximate surface area is 129 Å². The van der Waals surface area contributed by atoms with Gasteiger partial charge in [0.05, 0.1) is 0 Å². The molecule has 3 rings (SSSR count). The van der Waals surface area contributed by atoms with E-state index in [2.05, 4.69) is 54.4 Å². The molecule has 3 atom stereocenters. The summed E-state index contributed by atoms with van der Waals surface area (Å²) in [5, 5.41) is 3.80. The van der Waals surface area contributed by atoms with Crippen molar-refractivity contribution in [2.75, 3.05) is 13.1 Å². The Kier molecular flexibility index (Phi) is 4.97. The van der Waals surface area contributed by atoms with Crippen LogP contribution in [0.25, 0.3) is 0 Å². The Bertz CT molecular complexity index is 426. The van der Waals surface area contributed by atoms with Crippen molar-refractivity contribution in [2.24, 2.45) is 11.8 Å². The lowest BCUT2D eigenvalue weighted by Gasteiger charge is -2.41. The van der Waals surface area contributed by atoms with Crippen molar-refractivity contribution < 1.29 is 0 Å². The van der Waals surface area contributed by atoms with Crippen LogP contribution in [0.3, 0.4) is 0 Å². The van der Waals surface area contributed by atoms with Crippen LogP contribution in [0.15, 0.2) is 30.3 Å². The number of hydrogen-bond donors (Lipinski definition) is 1. The Morgan fingerprint density at radius 3 is 2.62 bits per heavy atom. The van der Waals surface area contributed by atoms with Crippen molar-refractivity contribution in [3.63, 3.8) is 0 Å². The van der Waals surface area contributed by atoms with E-state index in [9.17, 15) is 0 Å². The summed E-state index contributed by atoms with van der Waals surface area (Å²) in [7, 11) is 0.